The van der Waals surface area contributed by atoms with Gasteiger partial charge in [0, 0.05) is 36.0 Å². The molecule has 0 bridgehead atoms. The first-order valence-electron chi connectivity index (χ1n) is 9.59. The van der Waals surface area contributed by atoms with E-state index in [0.29, 0.717) is 18.7 Å². The summed E-state index contributed by atoms with van der Waals surface area (Å²) in [6.45, 7) is 0.901. The predicted octanol–water partition coefficient (Wildman–Crippen LogP) is 3.91. The molecular formula is C24H22FN3O. The number of carbonyl (C=O) groups excluding carboxylic acids is 1. The van der Waals surface area contributed by atoms with E-state index in [4.69, 9.17) is 4.99 Å². The Morgan fingerprint density at radius 3 is 2.48 bits per heavy atom. The van der Waals surface area contributed by atoms with Gasteiger partial charge in [-0.1, -0.05) is 48.5 Å². The fraction of sp³-hybridized carbons (Fsp3) is 0.167. The van der Waals surface area contributed by atoms with Crippen molar-refractivity contribution in [2.75, 3.05) is 25.0 Å². The summed E-state index contributed by atoms with van der Waals surface area (Å²) in [5.74, 6) is -0.424. The quantitative estimate of drug-likeness (QED) is 0.738. The number of hydrogen-bond acceptors (Lipinski definition) is 3. The zero-order chi connectivity index (χ0) is 20.2. The lowest BCUT2D eigenvalue weighted by atomic mass is 10.00. The lowest BCUT2D eigenvalue weighted by Gasteiger charge is -2.29. The standard InChI is InChI=1S/C24H22FN3O/c1-28-20(16-27-24(29)18-10-6-3-7-11-18)15-26-23(17-8-4-2-5-9-17)21-13-12-19(25)14-22(21)28/h2-14,20H,15-16H2,1H3,(H,27,29). The zero-order valence-corrected chi connectivity index (χ0v) is 16.2. The van der Waals surface area contributed by atoms with Gasteiger partial charge in [0.15, 0.2) is 0 Å². The van der Waals surface area contributed by atoms with Crippen molar-refractivity contribution in [1.82, 2.24) is 5.32 Å². The minimum Gasteiger partial charge on any atom is -0.367 e. The lowest BCUT2D eigenvalue weighted by Crippen LogP contribution is -2.43. The number of amides is 1. The first-order valence-corrected chi connectivity index (χ1v) is 9.59. The van der Waals surface area contributed by atoms with Gasteiger partial charge in [-0.15, -0.1) is 0 Å². The van der Waals surface area contributed by atoms with Crippen LogP contribution in [0.5, 0.6) is 0 Å². The molecular weight excluding hydrogens is 365 g/mol. The zero-order valence-electron chi connectivity index (χ0n) is 16.2. The fourth-order valence-corrected chi connectivity index (χ4v) is 3.54. The molecule has 0 spiro atoms. The van der Waals surface area contributed by atoms with Crippen LogP contribution < -0.4 is 10.2 Å². The molecule has 4 rings (SSSR count). The molecule has 0 radical (unpaired) electrons. The van der Waals surface area contributed by atoms with Gasteiger partial charge in [-0.25, -0.2) is 4.39 Å². The van der Waals surface area contributed by atoms with Crippen molar-refractivity contribution in [2.45, 2.75) is 6.04 Å². The van der Waals surface area contributed by atoms with Crippen LogP contribution >= 0.6 is 0 Å². The van der Waals surface area contributed by atoms with Crippen LogP contribution in [0.2, 0.25) is 0 Å². The maximum atomic E-state index is 14.1. The van der Waals surface area contributed by atoms with Gasteiger partial charge < -0.3 is 10.2 Å². The molecule has 0 saturated carbocycles. The average Bonchev–Trinajstić information content (AvgIpc) is 2.90. The molecule has 4 nitrogen and oxygen atoms in total. The number of anilines is 1. The predicted molar refractivity (Wildman–Crippen MR) is 114 cm³/mol. The van der Waals surface area contributed by atoms with E-state index in [1.165, 1.54) is 12.1 Å². The van der Waals surface area contributed by atoms with Crippen LogP contribution in [0.4, 0.5) is 10.1 Å². The highest BCUT2D eigenvalue weighted by molar-refractivity contribution is 6.16. The van der Waals surface area contributed by atoms with Crippen LogP contribution in [-0.4, -0.2) is 37.8 Å². The molecule has 1 atom stereocenters. The summed E-state index contributed by atoms with van der Waals surface area (Å²) in [6.07, 6.45) is 0. The van der Waals surface area contributed by atoms with Crippen molar-refractivity contribution in [1.29, 1.82) is 0 Å². The maximum Gasteiger partial charge on any atom is 0.251 e. The van der Waals surface area contributed by atoms with E-state index >= 15 is 0 Å². The molecule has 1 aliphatic heterocycles. The second-order valence-electron chi connectivity index (χ2n) is 7.06. The Balaban J connectivity index is 1.62. The Hall–Kier alpha value is -3.47. The number of aliphatic imine (C=N–C) groups is 1. The van der Waals surface area contributed by atoms with E-state index in [-0.39, 0.29) is 17.8 Å². The van der Waals surface area contributed by atoms with E-state index in [0.717, 1.165) is 22.5 Å². The molecule has 0 fully saturated rings. The summed E-state index contributed by atoms with van der Waals surface area (Å²) >= 11 is 0. The molecule has 3 aromatic carbocycles. The monoisotopic (exact) mass is 387 g/mol. The largest absolute Gasteiger partial charge is 0.367 e. The molecule has 1 aliphatic rings. The molecule has 0 aliphatic carbocycles. The maximum absolute atomic E-state index is 14.1. The molecule has 0 saturated heterocycles. The molecule has 5 heteroatoms. The minimum absolute atomic E-state index is 0.0931. The van der Waals surface area contributed by atoms with Gasteiger partial charge >= 0.3 is 0 Å². The highest BCUT2D eigenvalue weighted by Crippen LogP contribution is 2.28. The smallest absolute Gasteiger partial charge is 0.251 e. The highest BCUT2D eigenvalue weighted by Gasteiger charge is 2.25. The number of benzene rings is 3. The van der Waals surface area contributed by atoms with Crippen LogP contribution in [0.25, 0.3) is 0 Å². The van der Waals surface area contributed by atoms with Crippen molar-refractivity contribution in [3.05, 3.63) is 101 Å². The van der Waals surface area contributed by atoms with Crippen LogP contribution in [0.1, 0.15) is 21.5 Å². The molecule has 1 heterocycles. The molecule has 146 valence electrons. The summed E-state index contributed by atoms with van der Waals surface area (Å²) in [5, 5.41) is 2.98. The summed E-state index contributed by atoms with van der Waals surface area (Å²) < 4.78 is 14.1. The Morgan fingerprint density at radius 1 is 1.07 bits per heavy atom. The normalized spacial score (nSPS) is 15.9. The molecule has 0 aromatic heterocycles. The Morgan fingerprint density at radius 2 is 1.76 bits per heavy atom. The number of likely N-dealkylation sites (N-methyl/N-ethyl adjacent to an activating group) is 1. The minimum atomic E-state index is -0.294. The van der Waals surface area contributed by atoms with Crippen LogP contribution in [0.3, 0.4) is 0 Å². The number of benzodiazepines with no additional fused rings is 1. The Kier molecular flexibility index (Phi) is 5.38. The van der Waals surface area contributed by atoms with Crippen LogP contribution in [-0.2, 0) is 0 Å². The number of rotatable bonds is 4. The third-order valence-electron chi connectivity index (χ3n) is 5.18. The first-order chi connectivity index (χ1) is 14.1. The number of hydrogen-bond donors (Lipinski definition) is 1. The Bertz CT molecular complexity index is 1030. The number of carbonyl (C=O) groups is 1. The Labute approximate surface area is 169 Å². The number of nitrogens with one attached hydrogen (secondary N) is 1. The number of halogens is 1. The van der Waals surface area contributed by atoms with Gasteiger partial charge in [0.1, 0.15) is 5.82 Å². The summed E-state index contributed by atoms with van der Waals surface area (Å²) in [7, 11) is 1.92. The van der Waals surface area contributed by atoms with Gasteiger partial charge in [-0.2, -0.15) is 0 Å². The SMILES string of the molecule is CN1c2cc(F)ccc2C(c2ccccc2)=NCC1CNC(=O)c1ccccc1. The van der Waals surface area contributed by atoms with Crippen molar-refractivity contribution in [2.24, 2.45) is 4.99 Å². The summed E-state index contributed by atoms with van der Waals surface area (Å²) in [4.78, 5) is 19.3. The third-order valence-corrected chi connectivity index (χ3v) is 5.18. The molecule has 1 unspecified atom stereocenters. The van der Waals surface area contributed by atoms with Gasteiger partial charge in [0.2, 0.25) is 0 Å². The van der Waals surface area contributed by atoms with E-state index in [9.17, 15) is 9.18 Å². The number of nitrogens with zero attached hydrogens (tertiary/aromatic N) is 2. The van der Waals surface area contributed by atoms with E-state index in [1.807, 2.05) is 60.5 Å². The number of fused-ring (bicyclic) bond motifs is 1. The van der Waals surface area contributed by atoms with Crippen LogP contribution in [0.15, 0.2) is 83.9 Å². The fourth-order valence-electron chi connectivity index (χ4n) is 3.54. The lowest BCUT2D eigenvalue weighted by molar-refractivity contribution is 0.0951. The van der Waals surface area contributed by atoms with Gasteiger partial charge in [0.05, 0.1) is 18.3 Å². The van der Waals surface area contributed by atoms with Crippen molar-refractivity contribution >= 4 is 17.3 Å². The van der Waals surface area contributed by atoms with E-state index in [2.05, 4.69) is 5.32 Å². The van der Waals surface area contributed by atoms with Gasteiger partial charge in [-0.05, 0) is 30.3 Å². The topological polar surface area (TPSA) is 44.7 Å². The third kappa shape index (κ3) is 4.04. The summed E-state index contributed by atoms with van der Waals surface area (Å²) in [6, 6.07) is 23.7. The molecule has 1 amide bonds. The van der Waals surface area contributed by atoms with Crippen molar-refractivity contribution in [3.63, 3.8) is 0 Å². The summed E-state index contributed by atoms with van der Waals surface area (Å²) in [5.41, 5.74) is 4.09. The first kappa shape index (κ1) is 18.9. The molecule has 3 aromatic rings. The van der Waals surface area contributed by atoms with E-state index in [1.54, 1.807) is 18.2 Å². The average molecular weight is 387 g/mol. The molecule has 29 heavy (non-hydrogen) atoms. The molecule has 1 N–H and O–H groups in total. The van der Waals surface area contributed by atoms with Crippen molar-refractivity contribution in [3.8, 4) is 0 Å². The van der Waals surface area contributed by atoms with Gasteiger partial charge in [0.25, 0.3) is 5.91 Å². The highest BCUT2D eigenvalue weighted by atomic mass is 19.1. The second kappa shape index (κ2) is 8.27. The van der Waals surface area contributed by atoms with E-state index < -0.39 is 0 Å². The van der Waals surface area contributed by atoms with Crippen molar-refractivity contribution < 1.29 is 9.18 Å². The van der Waals surface area contributed by atoms with Crippen LogP contribution in [0, 0.1) is 5.82 Å². The van der Waals surface area contributed by atoms with Gasteiger partial charge in [-0.3, -0.25) is 9.79 Å². The second-order valence-corrected chi connectivity index (χ2v) is 7.06.